The second kappa shape index (κ2) is 8.55. The molecule has 140 valence electrons. The molecular formula is C18H18F4N2O2. The Kier molecular flexibility index (Phi) is 6.43. The van der Waals surface area contributed by atoms with Gasteiger partial charge in [0.2, 0.25) is 5.91 Å². The average Bonchev–Trinajstić information content (AvgIpc) is 2.60. The number of nitrogens with one attached hydrogen (secondary N) is 1. The number of anilines is 1. The molecule has 1 N–H and O–H groups in total. The molecule has 0 bridgehead atoms. The van der Waals surface area contributed by atoms with Crippen LogP contribution >= 0.6 is 0 Å². The van der Waals surface area contributed by atoms with Crippen molar-refractivity contribution in [2.45, 2.75) is 6.18 Å². The molecule has 26 heavy (non-hydrogen) atoms. The van der Waals surface area contributed by atoms with E-state index in [0.717, 1.165) is 12.1 Å². The van der Waals surface area contributed by atoms with Gasteiger partial charge in [-0.1, -0.05) is 18.2 Å². The molecule has 0 heterocycles. The highest BCUT2D eigenvalue weighted by atomic mass is 19.4. The molecular weight excluding hydrogens is 352 g/mol. The van der Waals surface area contributed by atoms with E-state index in [1.807, 2.05) is 0 Å². The molecule has 0 fully saturated rings. The number of rotatable bonds is 7. The zero-order valence-electron chi connectivity index (χ0n) is 14.0. The van der Waals surface area contributed by atoms with Gasteiger partial charge in [-0.3, -0.25) is 4.79 Å². The van der Waals surface area contributed by atoms with E-state index in [4.69, 9.17) is 4.74 Å². The predicted octanol–water partition coefficient (Wildman–Crippen LogP) is 3.79. The van der Waals surface area contributed by atoms with Crippen molar-refractivity contribution >= 4 is 11.6 Å². The van der Waals surface area contributed by atoms with Gasteiger partial charge in [0.1, 0.15) is 6.61 Å². The lowest BCUT2D eigenvalue weighted by Crippen LogP contribution is -2.35. The summed E-state index contributed by atoms with van der Waals surface area (Å²) in [6, 6.07) is 10.5. The molecule has 4 nitrogen and oxygen atoms in total. The quantitative estimate of drug-likeness (QED) is 0.754. The number of nitrogens with zero attached hydrogens (tertiary/aromatic N) is 1. The zero-order chi connectivity index (χ0) is 19.2. The van der Waals surface area contributed by atoms with Gasteiger partial charge >= 0.3 is 6.18 Å². The first-order valence-corrected chi connectivity index (χ1v) is 7.80. The first-order valence-electron chi connectivity index (χ1n) is 7.80. The van der Waals surface area contributed by atoms with Crippen molar-refractivity contribution in [3.05, 3.63) is 59.9 Å². The molecule has 1 amide bonds. The fraction of sp³-hybridized carbons (Fsp3) is 0.278. The molecule has 8 heteroatoms. The standard InChI is InChI=1S/C18H18F4N2O2/c1-24(9-10-26-16-8-3-2-7-15(16)19)17(25)12-23-14-6-4-5-13(11-14)18(20,21)22/h2-8,11,23H,9-10,12H2,1H3. The Balaban J connectivity index is 1.79. The van der Waals surface area contributed by atoms with E-state index in [1.165, 1.54) is 42.3 Å². The predicted molar refractivity (Wildman–Crippen MR) is 89.5 cm³/mol. The number of halogens is 4. The molecule has 0 spiro atoms. The van der Waals surface area contributed by atoms with Crippen LogP contribution in [0.2, 0.25) is 0 Å². The summed E-state index contributed by atoms with van der Waals surface area (Å²) in [5.74, 6) is -0.734. The summed E-state index contributed by atoms with van der Waals surface area (Å²) in [5.41, 5.74) is -0.592. The fourth-order valence-electron chi connectivity index (χ4n) is 2.10. The summed E-state index contributed by atoms with van der Waals surface area (Å²) >= 11 is 0. The molecule has 0 unspecified atom stereocenters. The van der Waals surface area contributed by atoms with Crippen LogP contribution in [-0.4, -0.2) is 37.6 Å². The SMILES string of the molecule is CN(CCOc1ccccc1F)C(=O)CNc1cccc(C(F)(F)F)c1. The maximum absolute atomic E-state index is 13.4. The van der Waals surface area contributed by atoms with Gasteiger partial charge in [0, 0.05) is 12.7 Å². The zero-order valence-corrected chi connectivity index (χ0v) is 14.0. The van der Waals surface area contributed by atoms with E-state index in [-0.39, 0.29) is 37.0 Å². The molecule has 2 aromatic carbocycles. The van der Waals surface area contributed by atoms with Gasteiger partial charge in [0.15, 0.2) is 11.6 Å². The number of para-hydroxylation sites is 1. The summed E-state index contributed by atoms with van der Waals surface area (Å²) in [4.78, 5) is 13.4. The summed E-state index contributed by atoms with van der Waals surface area (Å²) in [6.45, 7) is 0.127. The van der Waals surface area contributed by atoms with Gasteiger partial charge in [-0.05, 0) is 30.3 Å². The minimum atomic E-state index is -4.44. The van der Waals surface area contributed by atoms with Crippen molar-refractivity contribution in [2.75, 3.05) is 32.1 Å². The Labute approximate surface area is 148 Å². The number of carbonyl (C=O) groups excluding carboxylic acids is 1. The topological polar surface area (TPSA) is 41.6 Å². The van der Waals surface area contributed by atoms with E-state index in [1.54, 1.807) is 6.07 Å². The summed E-state index contributed by atoms with van der Waals surface area (Å²) in [6.07, 6.45) is -4.44. The van der Waals surface area contributed by atoms with E-state index in [0.29, 0.717) is 0 Å². The van der Waals surface area contributed by atoms with Gasteiger partial charge < -0.3 is 15.0 Å². The molecule has 0 radical (unpaired) electrons. The normalized spacial score (nSPS) is 11.1. The Bertz CT molecular complexity index is 750. The maximum Gasteiger partial charge on any atom is 0.416 e. The Morgan fingerprint density at radius 1 is 1.15 bits per heavy atom. The molecule has 0 aliphatic rings. The van der Waals surface area contributed by atoms with Crippen LogP contribution in [0.5, 0.6) is 5.75 Å². The number of ether oxygens (including phenoxy) is 1. The van der Waals surface area contributed by atoms with Crippen LogP contribution in [-0.2, 0) is 11.0 Å². The van der Waals surface area contributed by atoms with Crippen LogP contribution in [0.4, 0.5) is 23.2 Å². The molecule has 0 atom stereocenters. The molecule has 2 rings (SSSR count). The number of hydrogen-bond donors (Lipinski definition) is 1. The van der Waals surface area contributed by atoms with Crippen LogP contribution in [0.1, 0.15) is 5.56 Å². The highest BCUT2D eigenvalue weighted by molar-refractivity contribution is 5.80. The molecule has 0 aliphatic heterocycles. The smallest absolute Gasteiger partial charge is 0.416 e. The lowest BCUT2D eigenvalue weighted by Gasteiger charge is -2.18. The third kappa shape index (κ3) is 5.65. The number of hydrogen-bond acceptors (Lipinski definition) is 3. The Morgan fingerprint density at radius 3 is 2.58 bits per heavy atom. The second-order valence-corrected chi connectivity index (χ2v) is 5.53. The average molecular weight is 370 g/mol. The van der Waals surface area contributed by atoms with Crippen molar-refractivity contribution in [1.82, 2.24) is 4.90 Å². The van der Waals surface area contributed by atoms with Crippen molar-refractivity contribution < 1.29 is 27.1 Å². The lowest BCUT2D eigenvalue weighted by atomic mass is 10.2. The number of benzene rings is 2. The van der Waals surface area contributed by atoms with Gasteiger partial charge in [-0.2, -0.15) is 13.2 Å². The summed E-state index contributed by atoms with van der Waals surface area (Å²) in [7, 11) is 1.53. The van der Waals surface area contributed by atoms with Crippen molar-refractivity contribution in [2.24, 2.45) is 0 Å². The van der Waals surface area contributed by atoms with Crippen LogP contribution < -0.4 is 10.1 Å². The minimum Gasteiger partial charge on any atom is -0.489 e. The molecule has 0 saturated heterocycles. The largest absolute Gasteiger partial charge is 0.489 e. The third-order valence-corrected chi connectivity index (χ3v) is 3.58. The second-order valence-electron chi connectivity index (χ2n) is 5.53. The van der Waals surface area contributed by atoms with E-state index in [2.05, 4.69) is 5.32 Å². The first kappa shape index (κ1) is 19.6. The van der Waals surface area contributed by atoms with Gasteiger partial charge in [-0.15, -0.1) is 0 Å². The monoisotopic (exact) mass is 370 g/mol. The summed E-state index contributed by atoms with van der Waals surface area (Å²) in [5, 5.41) is 2.66. The highest BCUT2D eigenvalue weighted by Crippen LogP contribution is 2.30. The number of likely N-dealkylation sites (N-methyl/N-ethyl adjacent to an activating group) is 1. The van der Waals surface area contributed by atoms with Crippen molar-refractivity contribution in [3.63, 3.8) is 0 Å². The number of amides is 1. The maximum atomic E-state index is 13.4. The van der Waals surface area contributed by atoms with E-state index in [9.17, 15) is 22.4 Å². The van der Waals surface area contributed by atoms with Crippen molar-refractivity contribution in [3.8, 4) is 5.75 Å². The lowest BCUT2D eigenvalue weighted by molar-refractivity contribution is -0.137. The van der Waals surface area contributed by atoms with Gasteiger partial charge in [0.25, 0.3) is 0 Å². The molecule has 2 aromatic rings. The highest BCUT2D eigenvalue weighted by Gasteiger charge is 2.30. The Morgan fingerprint density at radius 2 is 1.88 bits per heavy atom. The third-order valence-electron chi connectivity index (χ3n) is 3.58. The molecule has 0 saturated carbocycles. The number of alkyl halides is 3. The molecule has 0 aliphatic carbocycles. The molecule has 0 aromatic heterocycles. The van der Waals surface area contributed by atoms with Gasteiger partial charge in [0.05, 0.1) is 18.7 Å². The van der Waals surface area contributed by atoms with Gasteiger partial charge in [-0.25, -0.2) is 4.39 Å². The van der Waals surface area contributed by atoms with E-state index < -0.39 is 17.6 Å². The first-order chi connectivity index (χ1) is 12.3. The van der Waals surface area contributed by atoms with Crippen molar-refractivity contribution in [1.29, 1.82) is 0 Å². The van der Waals surface area contributed by atoms with E-state index >= 15 is 0 Å². The Hall–Kier alpha value is -2.77. The minimum absolute atomic E-state index is 0.0900. The fourth-order valence-corrected chi connectivity index (χ4v) is 2.10. The van der Waals surface area contributed by atoms with Crippen LogP contribution in [0.3, 0.4) is 0 Å². The van der Waals surface area contributed by atoms with Crippen LogP contribution in [0, 0.1) is 5.82 Å². The van der Waals surface area contributed by atoms with Crippen LogP contribution in [0.15, 0.2) is 48.5 Å². The summed E-state index contributed by atoms with van der Waals surface area (Å²) < 4.78 is 56.6. The van der Waals surface area contributed by atoms with Crippen LogP contribution in [0.25, 0.3) is 0 Å². The number of carbonyl (C=O) groups is 1.